The van der Waals surface area contributed by atoms with E-state index in [2.05, 4.69) is 0 Å². The second-order valence-corrected chi connectivity index (χ2v) is 9.65. The molecule has 1 amide bonds. The van der Waals surface area contributed by atoms with Crippen molar-refractivity contribution in [3.8, 4) is 5.69 Å². The number of hydrogen-bond acceptors (Lipinski definition) is 5. The van der Waals surface area contributed by atoms with Gasteiger partial charge in [0, 0.05) is 19.0 Å². The SMILES string of the molecule is C[C@@H](Sc1nc2sc3c(c2c(=O)n1-c1ccccc1)CCCC3)C(=O)N(C)C. The van der Waals surface area contributed by atoms with Gasteiger partial charge in [0.15, 0.2) is 5.16 Å². The zero-order valence-electron chi connectivity index (χ0n) is 16.3. The topological polar surface area (TPSA) is 55.2 Å². The van der Waals surface area contributed by atoms with Crippen LogP contribution < -0.4 is 5.56 Å². The number of nitrogens with zero attached hydrogens (tertiary/aromatic N) is 3. The minimum Gasteiger partial charge on any atom is -0.348 e. The van der Waals surface area contributed by atoms with E-state index in [-0.39, 0.29) is 16.7 Å². The number of aromatic nitrogens is 2. The molecule has 0 radical (unpaired) electrons. The Morgan fingerprint density at radius 2 is 1.93 bits per heavy atom. The molecule has 2 aromatic heterocycles. The predicted octanol–water partition coefficient (Wildman–Crippen LogP) is 3.89. The Hall–Kier alpha value is -2.12. The molecule has 4 rings (SSSR count). The number of carbonyl (C=O) groups excluding carboxylic acids is 1. The van der Waals surface area contributed by atoms with E-state index in [1.807, 2.05) is 37.3 Å². The lowest BCUT2D eigenvalue weighted by Gasteiger charge is -2.18. The molecule has 1 aliphatic carbocycles. The first-order valence-corrected chi connectivity index (χ1v) is 11.2. The molecule has 0 bridgehead atoms. The molecule has 5 nitrogen and oxygen atoms in total. The summed E-state index contributed by atoms with van der Waals surface area (Å²) in [5, 5.41) is 1.01. The number of thioether (sulfide) groups is 1. The molecule has 28 heavy (non-hydrogen) atoms. The number of aryl methyl sites for hydroxylation is 2. The number of fused-ring (bicyclic) bond motifs is 3. The number of hydrogen-bond donors (Lipinski definition) is 0. The number of thiophene rings is 1. The molecule has 3 aromatic rings. The van der Waals surface area contributed by atoms with Crippen molar-refractivity contribution < 1.29 is 4.79 Å². The second kappa shape index (κ2) is 7.72. The fourth-order valence-corrected chi connectivity index (χ4v) is 6.02. The molecule has 0 saturated carbocycles. The van der Waals surface area contributed by atoms with Gasteiger partial charge in [-0.1, -0.05) is 30.0 Å². The summed E-state index contributed by atoms with van der Waals surface area (Å²) in [6.07, 6.45) is 4.26. The number of benzene rings is 1. The maximum atomic E-state index is 13.6. The van der Waals surface area contributed by atoms with Crippen LogP contribution in [0, 0.1) is 0 Å². The summed E-state index contributed by atoms with van der Waals surface area (Å²) in [4.78, 5) is 34.5. The van der Waals surface area contributed by atoms with Gasteiger partial charge in [-0.05, 0) is 50.3 Å². The molecule has 0 fully saturated rings. The standard InChI is InChI=1S/C21H23N3O2S2/c1-13(19(25)23(2)3)27-21-22-18-17(15-11-7-8-12-16(15)28-18)20(26)24(21)14-9-5-4-6-10-14/h4-6,9-10,13H,7-8,11-12H2,1-3H3/t13-/m1/s1. The fourth-order valence-electron chi connectivity index (χ4n) is 3.64. The summed E-state index contributed by atoms with van der Waals surface area (Å²) >= 11 is 2.98. The molecule has 146 valence electrons. The third-order valence-corrected chi connectivity index (χ3v) is 7.27. The molecule has 1 atom stereocenters. The zero-order chi connectivity index (χ0) is 19.8. The van der Waals surface area contributed by atoms with E-state index in [4.69, 9.17) is 4.98 Å². The smallest absolute Gasteiger partial charge is 0.267 e. The second-order valence-electron chi connectivity index (χ2n) is 7.25. The maximum Gasteiger partial charge on any atom is 0.267 e. The highest BCUT2D eigenvalue weighted by Gasteiger charge is 2.25. The van der Waals surface area contributed by atoms with Crippen molar-refractivity contribution >= 4 is 39.2 Å². The summed E-state index contributed by atoms with van der Waals surface area (Å²) < 4.78 is 1.67. The average Bonchev–Trinajstić information content (AvgIpc) is 3.06. The van der Waals surface area contributed by atoms with Crippen LogP contribution in [0.1, 0.15) is 30.2 Å². The Morgan fingerprint density at radius 1 is 1.21 bits per heavy atom. The first-order chi connectivity index (χ1) is 13.5. The van der Waals surface area contributed by atoms with E-state index in [0.29, 0.717) is 5.16 Å². The van der Waals surface area contributed by atoms with Gasteiger partial charge in [0.05, 0.1) is 16.3 Å². The summed E-state index contributed by atoms with van der Waals surface area (Å²) in [6, 6.07) is 9.58. The molecule has 0 saturated heterocycles. The third-order valence-electron chi connectivity index (χ3n) is 5.04. The van der Waals surface area contributed by atoms with Crippen LogP contribution in [0.5, 0.6) is 0 Å². The molecule has 0 aliphatic heterocycles. The molecule has 2 heterocycles. The molecular formula is C21H23N3O2S2. The largest absolute Gasteiger partial charge is 0.348 e. The van der Waals surface area contributed by atoms with E-state index >= 15 is 0 Å². The van der Waals surface area contributed by atoms with Gasteiger partial charge >= 0.3 is 0 Å². The van der Waals surface area contributed by atoms with Crippen LogP contribution in [0.2, 0.25) is 0 Å². The lowest BCUT2D eigenvalue weighted by molar-refractivity contribution is -0.127. The van der Waals surface area contributed by atoms with Crippen molar-refractivity contribution in [2.24, 2.45) is 0 Å². The number of amides is 1. The van der Waals surface area contributed by atoms with Gasteiger partial charge in [0.2, 0.25) is 5.91 Å². The van der Waals surface area contributed by atoms with Gasteiger partial charge in [-0.15, -0.1) is 11.3 Å². The molecular weight excluding hydrogens is 390 g/mol. The van der Waals surface area contributed by atoms with Gasteiger partial charge in [-0.2, -0.15) is 0 Å². The normalized spacial score (nSPS) is 14.7. The van der Waals surface area contributed by atoms with Crippen molar-refractivity contribution in [2.75, 3.05) is 14.1 Å². The first kappa shape index (κ1) is 19.2. The highest BCUT2D eigenvalue weighted by molar-refractivity contribution is 8.00. The summed E-state index contributed by atoms with van der Waals surface area (Å²) in [7, 11) is 3.49. The Bertz CT molecular complexity index is 1090. The average molecular weight is 414 g/mol. The first-order valence-electron chi connectivity index (χ1n) is 9.48. The Balaban J connectivity index is 1.92. The van der Waals surface area contributed by atoms with Gasteiger partial charge in [0.1, 0.15) is 4.83 Å². The molecule has 0 N–H and O–H groups in total. The minimum atomic E-state index is -0.330. The summed E-state index contributed by atoms with van der Waals surface area (Å²) in [5.74, 6) is 0.00410. The van der Waals surface area contributed by atoms with Gasteiger partial charge in [0.25, 0.3) is 5.56 Å². The monoisotopic (exact) mass is 413 g/mol. The number of carbonyl (C=O) groups is 1. The highest BCUT2D eigenvalue weighted by Crippen LogP contribution is 2.35. The van der Waals surface area contributed by atoms with Crippen LogP contribution >= 0.6 is 23.1 Å². The van der Waals surface area contributed by atoms with Crippen LogP contribution in [-0.2, 0) is 17.6 Å². The molecule has 7 heteroatoms. The third kappa shape index (κ3) is 3.37. The van der Waals surface area contributed by atoms with Crippen LogP contribution in [0.4, 0.5) is 0 Å². The summed E-state index contributed by atoms with van der Waals surface area (Å²) in [6.45, 7) is 1.86. The van der Waals surface area contributed by atoms with Crippen molar-refractivity contribution in [3.63, 3.8) is 0 Å². The Morgan fingerprint density at radius 3 is 2.64 bits per heavy atom. The van der Waals surface area contributed by atoms with E-state index in [9.17, 15) is 9.59 Å². The van der Waals surface area contributed by atoms with E-state index in [1.165, 1.54) is 28.6 Å². The molecule has 1 aliphatic rings. The molecule has 1 aromatic carbocycles. The number of rotatable bonds is 4. The van der Waals surface area contributed by atoms with Crippen LogP contribution in [0.25, 0.3) is 15.9 Å². The Labute approximate surface area is 172 Å². The minimum absolute atomic E-state index is 0.00410. The predicted molar refractivity (Wildman–Crippen MR) is 116 cm³/mol. The van der Waals surface area contributed by atoms with Crippen LogP contribution in [-0.4, -0.2) is 39.7 Å². The van der Waals surface area contributed by atoms with Crippen LogP contribution in [0.3, 0.4) is 0 Å². The van der Waals surface area contributed by atoms with Gasteiger partial charge in [-0.25, -0.2) is 4.98 Å². The molecule has 0 unspecified atom stereocenters. The quantitative estimate of drug-likeness (QED) is 0.481. The van der Waals surface area contributed by atoms with Gasteiger partial charge < -0.3 is 4.90 Å². The van der Waals surface area contributed by atoms with E-state index in [0.717, 1.165) is 35.2 Å². The lowest BCUT2D eigenvalue weighted by Crippen LogP contribution is -2.31. The zero-order valence-corrected chi connectivity index (χ0v) is 17.9. The van der Waals surface area contributed by atoms with Gasteiger partial charge in [-0.3, -0.25) is 14.2 Å². The van der Waals surface area contributed by atoms with Crippen molar-refractivity contribution in [1.29, 1.82) is 0 Å². The maximum absolute atomic E-state index is 13.6. The molecule has 0 spiro atoms. The van der Waals surface area contributed by atoms with Crippen molar-refractivity contribution in [1.82, 2.24) is 14.5 Å². The lowest BCUT2D eigenvalue weighted by atomic mass is 9.97. The fraction of sp³-hybridized carbons (Fsp3) is 0.381. The highest BCUT2D eigenvalue weighted by atomic mass is 32.2. The van der Waals surface area contributed by atoms with Crippen LogP contribution in [0.15, 0.2) is 40.3 Å². The Kier molecular flexibility index (Phi) is 5.29. The van der Waals surface area contributed by atoms with Crippen molar-refractivity contribution in [2.45, 2.75) is 43.0 Å². The van der Waals surface area contributed by atoms with Crippen molar-refractivity contribution in [3.05, 3.63) is 51.1 Å². The summed E-state index contributed by atoms with van der Waals surface area (Å²) in [5.41, 5.74) is 1.94. The number of para-hydroxylation sites is 1. The van der Waals surface area contributed by atoms with E-state index < -0.39 is 0 Å². The van der Waals surface area contributed by atoms with E-state index in [1.54, 1.807) is 34.9 Å².